The minimum absolute atomic E-state index is 0.235. The van der Waals surface area contributed by atoms with Gasteiger partial charge >= 0.3 is 0 Å². The van der Waals surface area contributed by atoms with E-state index in [4.69, 9.17) is 4.74 Å². The van der Waals surface area contributed by atoms with E-state index in [0.29, 0.717) is 13.1 Å². The molecule has 0 bridgehead atoms. The summed E-state index contributed by atoms with van der Waals surface area (Å²) in [4.78, 5) is 0. The van der Waals surface area contributed by atoms with Gasteiger partial charge in [0.2, 0.25) is 0 Å². The lowest BCUT2D eigenvalue weighted by molar-refractivity contribution is 0.0571. The second kappa shape index (κ2) is 6.35. The third-order valence-corrected chi connectivity index (χ3v) is 3.84. The van der Waals surface area contributed by atoms with Gasteiger partial charge in [0, 0.05) is 13.1 Å². The second-order valence-corrected chi connectivity index (χ2v) is 5.64. The van der Waals surface area contributed by atoms with Gasteiger partial charge in [-0.05, 0) is 47.0 Å². The molecule has 2 aromatic rings. The number of halogens is 1. The molecule has 1 aromatic carbocycles. The van der Waals surface area contributed by atoms with Crippen LogP contribution in [-0.4, -0.2) is 18.8 Å². The Labute approximate surface area is 122 Å². The van der Waals surface area contributed by atoms with Crippen LogP contribution < -0.4 is 10.1 Å². The van der Waals surface area contributed by atoms with Crippen molar-refractivity contribution in [3.05, 3.63) is 52.0 Å². The molecule has 1 unspecified atom stereocenters. The van der Waals surface area contributed by atoms with Crippen LogP contribution in [0.4, 0.5) is 4.39 Å². The van der Waals surface area contributed by atoms with Crippen molar-refractivity contribution in [2.45, 2.75) is 19.1 Å². The van der Waals surface area contributed by atoms with Crippen molar-refractivity contribution >= 4 is 11.3 Å². The first-order valence-electron chi connectivity index (χ1n) is 6.31. The summed E-state index contributed by atoms with van der Waals surface area (Å²) in [6.07, 6.45) is 0. The number of aliphatic hydroxyl groups is 1. The number of ether oxygens (including phenoxy) is 1. The van der Waals surface area contributed by atoms with E-state index in [0.717, 1.165) is 11.1 Å². The van der Waals surface area contributed by atoms with Crippen molar-refractivity contribution < 1.29 is 14.2 Å². The molecule has 0 saturated heterocycles. The number of methoxy groups -OCH3 is 1. The molecule has 1 heterocycles. The smallest absolute Gasteiger partial charge is 0.165 e. The molecule has 0 amide bonds. The lowest BCUT2D eigenvalue weighted by atomic mass is 9.99. The third kappa shape index (κ3) is 3.56. The number of nitrogens with one attached hydrogen (secondary N) is 1. The van der Waals surface area contributed by atoms with E-state index >= 15 is 0 Å². The molecular formula is C15H18FNO2S. The monoisotopic (exact) mass is 295 g/mol. The molecule has 0 saturated carbocycles. The standard InChI is InChI=1S/C15H18FNO2S/c1-15(18,12-5-6-20-9-12)10-17-8-11-3-4-14(19-2)13(16)7-11/h3-7,9,17-18H,8,10H2,1-2H3. The summed E-state index contributed by atoms with van der Waals surface area (Å²) in [6, 6.07) is 6.74. The first-order chi connectivity index (χ1) is 9.53. The Hall–Kier alpha value is -1.43. The Bertz CT molecular complexity index is 555. The predicted molar refractivity (Wildman–Crippen MR) is 78.5 cm³/mol. The van der Waals surface area contributed by atoms with Crippen LogP contribution in [-0.2, 0) is 12.1 Å². The number of thiophene rings is 1. The zero-order chi connectivity index (χ0) is 14.6. The fourth-order valence-electron chi connectivity index (χ4n) is 1.94. The van der Waals surface area contributed by atoms with Gasteiger partial charge in [-0.25, -0.2) is 4.39 Å². The Morgan fingerprint density at radius 2 is 2.20 bits per heavy atom. The summed E-state index contributed by atoms with van der Waals surface area (Å²) in [5, 5.41) is 17.3. The lowest BCUT2D eigenvalue weighted by Gasteiger charge is -2.23. The molecule has 1 atom stereocenters. The maximum Gasteiger partial charge on any atom is 0.165 e. The van der Waals surface area contributed by atoms with Crippen molar-refractivity contribution in [2.75, 3.05) is 13.7 Å². The van der Waals surface area contributed by atoms with Crippen LogP contribution in [0.2, 0.25) is 0 Å². The number of hydrogen-bond acceptors (Lipinski definition) is 4. The number of benzene rings is 1. The van der Waals surface area contributed by atoms with Gasteiger partial charge in [0.05, 0.1) is 12.7 Å². The van der Waals surface area contributed by atoms with Crippen molar-refractivity contribution in [3.63, 3.8) is 0 Å². The van der Waals surface area contributed by atoms with Gasteiger partial charge in [-0.2, -0.15) is 11.3 Å². The lowest BCUT2D eigenvalue weighted by Crippen LogP contribution is -2.34. The summed E-state index contributed by atoms with van der Waals surface area (Å²) in [5.74, 6) is -0.143. The maximum atomic E-state index is 13.5. The summed E-state index contributed by atoms with van der Waals surface area (Å²) < 4.78 is 18.4. The highest BCUT2D eigenvalue weighted by atomic mass is 32.1. The Morgan fingerprint density at radius 3 is 2.80 bits per heavy atom. The molecule has 2 rings (SSSR count). The quantitative estimate of drug-likeness (QED) is 0.861. The summed E-state index contributed by atoms with van der Waals surface area (Å²) >= 11 is 1.55. The normalized spacial score (nSPS) is 14.0. The third-order valence-electron chi connectivity index (χ3n) is 3.16. The van der Waals surface area contributed by atoms with E-state index in [9.17, 15) is 9.50 Å². The first-order valence-corrected chi connectivity index (χ1v) is 7.25. The maximum absolute atomic E-state index is 13.5. The summed E-state index contributed by atoms with van der Waals surface area (Å²) in [7, 11) is 1.44. The molecule has 3 nitrogen and oxygen atoms in total. The van der Waals surface area contributed by atoms with E-state index in [1.165, 1.54) is 13.2 Å². The average Bonchev–Trinajstić information content (AvgIpc) is 2.93. The van der Waals surface area contributed by atoms with Gasteiger partial charge in [0.15, 0.2) is 11.6 Å². The molecular weight excluding hydrogens is 277 g/mol. The number of hydrogen-bond donors (Lipinski definition) is 2. The van der Waals surface area contributed by atoms with Crippen LogP contribution >= 0.6 is 11.3 Å². The van der Waals surface area contributed by atoms with Gasteiger partial charge in [0.1, 0.15) is 0 Å². The van der Waals surface area contributed by atoms with Crippen LogP contribution in [0.1, 0.15) is 18.1 Å². The molecule has 0 radical (unpaired) electrons. The van der Waals surface area contributed by atoms with Gasteiger partial charge in [-0.15, -0.1) is 0 Å². The van der Waals surface area contributed by atoms with Gasteiger partial charge < -0.3 is 15.2 Å². The minimum atomic E-state index is -0.926. The SMILES string of the molecule is COc1ccc(CNCC(C)(O)c2ccsc2)cc1F. The highest BCUT2D eigenvalue weighted by molar-refractivity contribution is 7.08. The van der Waals surface area contributed by atoms with E-state index in [1.54, 1.807) is 30.4 Å². The Morgan fingerprint density at radius 1 is 1.40 bits per heavy atom. The van der Waals surface area contributed by atoms with E-state index in [2.05, 4.69) is 5.32 Å². The predicted octanol–water partition coefficient (Wildman–Crippen LogP) is 2.89. The van der Waals surface area contributed by atoms with E-state index in [1.807, 2.05) is 16.8 Å². The van der Waals surface area contributed by atoms with Crippen LogP contribution in [0.25, 0.3) is 0 Å². The fraction of sp³-hybridized carbons (Fsp3) is 0.333. The molecule has 0 spiro atoms. The van der Waals surface area contributed by atoms with Gasteiger partial charge in [-0.1, -0.05) is 6.07 Å². The molecule has 0 fully saturated rings. The van der Waals surface area contributed by atoms with Gasteiger partial charge in [-0.3, -0.25) is 0 Å². The highest BCUT2D eigenvalue weighted by Crippen LogP contribution is 2.22. The zero-order valence-electron chi connectivity index (χ0n) is 11.5. The van der Waals surface area contributed by atoms with Crippen molar-refractivity contribution in [2.24, 2.45) is 0 Å². The molecule has 0 aliphatic heterocycles. The fourth-order valence-corrected chi connectivity index (χ4v) is 2.73. The van der Waals surface area contributed by atoms with Crippen LogP contribution in [0.3, 0.4) is 0 Å². The van der Waals surface area contributed by atoms with Crippen LogP contribution in [0, 0.1) is 5.82 Å². The molecule has 20 heavy (non-hydrogen) atoms. The van der Waals surface area contributed by atoms with Crippen molar-refractivity contribution in [1.29, 1.82) is 0 Å². The highest BCUT2D eigenvalue weighted by Gasteiger charge is 2.22. The molecule has 0 aliphatic rings. The number of rotatable bonds is 6. The minimum Gasteiger partial charge on any atom is -0.494 e. The zero-order valence-corrected chi connectivity index (χ0v) is 12.3. The summed E-state index contributed by atoms with van der Waals surface area (Å²) in [6.45, 7) is 2.65. The van der Waals surface area contributed by atoms with Crippen LogP contribution in [0.5, 0.6) is 5.75 Å². The largest absolute Gasteiger partial charge is 0.494 e. The topological polar surface area (TPSA) is 41.5 Å². The van der Waals surface area contributed by atoms with Crippen LogP contribution in [0.15, 0.2) is 35.0 Å². The van der Waals surface area contributed by atoms with E-state index < -0.39 is 5.60 Å². The molecule has 2 N–H and O–H groups in total. The van der Waals surface area contributed by atoms with E-state index in [-0.39, 0.29) is 11.6 Å². The average molecular weight is 295 g/mol. The Balaban J connectivity index is 1.91. The van der Waals surface area contributed by atoms with Gasteiger partial charge in [0.25, 0.3) is 0 Å². The molecule has 1 aromatic heterocycles. The summed E-state index contributed by atoms with van der Waals surface area (Å²) in [5.41, 5.74) is 0.769. The molecule has 0 aliphatic carbocycles. The second-order valence-electron chi connectivity index (χ2n) is 4.86. The first kappa shape index (κ1) is 15.0. The molecule has 108 valence electrons. The van der Waals surface area contributed by atoms with Crippen molar-refractivity contribution in [3.8, 4) is 5.75 Å². The Kier molecular flexibility index (Phi) is 4.75. The molecule has 5 heteroatoms. The van der Waals surface area contributed by atoms with Crippen molar-refractivity contribution in [1.82, 2.24) is 5.32 Å².